The van der Waals surface area contributed by atoms with Crippen molar-refractivity contribution in [2.75, 3.05) is 30.3 Å². The molecule has 0 spiro atoms. The Morgan fingerprint density at radius 2 is 1.93 bits per heavy atom. The summed E-state index contributed by atoms with van der Waals surface area (Å²) in [5.41, 5.74) is 2.86. The molecule has 3 heterocycles. The Morgan fingerprint density at radius 3 is 2.60 bits per heavy atom. The number of carbonyl (C=O) groups is 1. The third-order valence-electron chi connectivity index (χ3n) is 6.45. The topological polar surface area (TPSA) is 161 Å². The van der Waals surface area contributed by atoms with Crippen LogP contribution >= 0.6 is 0 Å². The van der Waals surface area contributed by atoms with E-state index in [0.29, 0.717) is 47.9 Å². The maximum absolute atomic E-state index is 14.9. The van der Waals surface area contributed by atoms with E-state index in [1.807, 2.05) is 6.92 Å². The summed E-state index contributed by atoms with van der Waals surface area (Å²) in [5, 5.41) is 14.1. The third-order valence-corrected chi connectivity index (χ3v) is 7.38. The van der Waals surface area contributed by atoms with Gasteiger partial charge in [-0.25, -0.2) is 27.9 Å². The van der Waals surface area contributed by atoms with Crippen molar-refractivity contribution in [3.63, 3.8) is 0 Å². The van der Waals surface area contributed by atoms with Crippen LogP contribution < -0.4 is 25.8 Å². The van der Waals surface area contributed by atoms with Crippen molar-refractivity contribution in [3.8, 4) is 17.1 Å². The van der Waals surface area contributed by atoms with Gasteiger partial charge in [0.25, 0.3) is 0 Å². The number of sulfonamides is 1. The highest BCUT2D eigenvalue weighted by Crippen LogP contribution is 2.29. The smallest absolute Gasteiger partial charge is 0.245 e. The van der Waals surface area contributed by atoms with Gasteiger partial charge in [0, 0.05) is 18.7 Å². The number of fused-ring (bicyclic) bond motifs is 1. The van der Waals surface area contributed by atoms with E-state index in [1.54, 1.807) is 30.3 Å². The number of nitrogens with two attached hydrogens (primary N) is 1. The molecular weight excluding hydrogens is 537 g/mol. The number of amides is 1. The van der Waals surface area contributed by atoms with Gasteiger partial charge in [-0.3, -0.25) is 4.79 Å². The van der Waals surface area contributed by atoms with Crippen LogP contribution in [0.1, 0.15) is 18.9 Å². The predicted octanol–water partition coefficient (Wildman–Crippen LogP) is 3.04. The fourth-order valence-corrected chi connectivity index (χ4v) is 4.85. The van der Waals surface area contributed by atoms with Crippen LogP contribution in [0.4, 0.5) is 16.0 Å². The third kappa shape index (κ3) is 6.17. The standard InChI is InChI=1S/C27H28FN7O4S/c1-2-39-26-24-23(34-27(35-26)31-14-16-3-6-19(7-4-16)40(29,37)38)10-9-21(32-24)17-5-8-22(20(28)13-17)33-25(36)18-11-12-30-15-18/h3-10,13,18,30H,2,11-12,14-15H2,1H3,(H,33,36)(H2,29,37,38)(H,31,34,35). The van der Waals surface area contributed by atoms with E-state index in [4.69, 9.17) is 9.88 Å². The number of pyridine rings is 1. The molecule has 208 valence electrons. The molecule has 1 fully saturated rings. The average Bonchev–Trinajstić information content (AvgIpc) is 3.48. The average molecular weight is 566 g/mol. The highest BCUT2D eigenvalue weighted by molar-refractivity contribution is 7.89. The number of anilines is 2. The lowest BCUT2D eigenvalue weighted by molar-refractivity contribution is -0.119. The molecule has 1 aliphatic rings. The molecule has 4 aromatic rings. The second-order valence-electron chi connectivity index (χ2n) is 9.27. The van der Waals surface area contributed by atoms with Crippen LogP contribution in [0.15, 0.2) is 59.5 Å². The fraction of sp³-hybridized carbons (Fsp3) is 0.259. The molecule has 1 atom stereocenters. The van der Waals surface area contributed by atoms with Gasteiger partial charge in [-0.15, -0.1) is 0 Å². The number of carbonyl (C=O) groups excluding carboxylic acids is 1. The molecule has 40 heavy (non-hydrogen) atoms. The second kappa shape index (κ2) is 11.5. The Hall–Kier alpha value is -4.20. The number of nitrogens with zero attached hydrogens (tertiary/aromatic N) is 3. The van der Waals surface area contributed by atoms with Crippen LogP contribution in [0.25, 0.3) is 22.3 Å². The molecule has 11 nitrogen and oxygen atoms in total. The number of nitrogens with one attached hydrogen (secondary N) is 3. The quantitative estimate of drug-likeness (QED) is 0.239. The zero-order valence-corrected chi connectivity index (χ0v) is 22.5. The largest absolute Gasteiger partial charge is 0.476 e. The second-order valence-corrected chi connectivity index (χ2v) is 10.8. The van der Waals surface area contributed by atoms with E-state index in [-0.39, 0.29) is 28.3 Å². The van der Waals surface area contributed by atoms with Gasteiger partial charge in [0.05, 0.1) is 34.3 Å². The number of primary sulfonamides is 1. The number of aromatic nitrogens is 3. The minimum absolute atomic E-state index is 0.0274. The van der Waals surface area contributed by atoms with E-state index in [9.17, 15) is 17.6 Å². The summed E-state index contributed by atoms with van der Waals surface area (Å²) in [6, 6.07) is 14.2. The Labute approximate surface area is 230 Å². The van der Waals surface area contributed by atoms with Crippen molar-refractivity contribution in [1.29, 1.82) is 0 Å². The van der Waals surface area contributed by atoms with Gasteiger partial charge in [0.15, 0.2) is 5.52 Å². The molecule has 1 unspecified atom stereocenters. The Morgan fingerprint density at radius 1 is 1.12 bits per heavy atom. The first-order valence-electron chi connectivity index (χ1n) is 12.7. The van der Waals surface area contributed by atoms with Crippen LogP contribution in [0.3, 0.4) is 0 Å². The molecule has 5 rings (SSSR count). The SMILES string of the molecule is CCOc1nc(NCc2ccc(S(N)(=O)=O)cc2)nc2ccc(-c3ccc(NC(=O)C4CCNC4)c(F)c3)nc12. The van der Waals surface area contributed by atoms with Crippen LogP contribution in [0.2, 0.25) is 0 Å². The molecule has 2 aromatic heterocycles. The molecular formula is C27H28FN7O4S. The van der Waals surface area contributed by atoms with Crippen LogP contribution in [-0.2, 0) is 21.4 Å². The van der Waals surface area contributed by atoms with Gasteiger partial charge in [0.2, 0.25) is 27.8 Å². The monoisotopic (exact) mass is 565 g/mol. The Bertz CT molecular complexity index is 1660. The summed E-state index contributed by atoms with van der Waals surface area (Å²) >= 11 is 0. The number of halogens is 1. The summed E-state index contributed by atoms with van der Waals surface area (Å²) in [5.74, 6) is -0.380. The Balaban J connectivity index is 1.36. The molecule has 5 N–H and O–H groups in total. The number of hydrogen-bond acceptors (Lipinski definition) is 9. The first-order valence-corrected chi connectivity index (χ1v) is 14.2. The van der Waals surface area contributed by atoms with E-state index in [2.05, 4.69) is 30.9 Å². The summed E-state index contributed by atoms with van der Waals surface area (Å²) in [6.07, 6.45) is 0.725. The number of benzene rings is 2. The van der Waals surface area contributed by atoms with E-state index in [0.717, 1.165) is 18.5 Å². The first-order chi connectivity index (χ1) is 19.2. The highest BCUT2D eigenvalue weighted by atomic mass is 32.2. The summed E-state index contributed by atoms with van der Waals surface area (Å²) < 4.78 is 43.6. The fourth-order valence-electron chi connectivity index (χ4n) is 4.33. The van der Waals surface area contributed by atoms with Gasteiger partial charge in [-0.1, -0.05) is 18.2 Å². The first kappa shape index (κ1) is 27.4. The summed E-state index contributed by atoms with van der Waals surface area (Å²) in [4.78, 5) is 26.0. The Kier molecular flexibility index (Phi) is 7.87. The van der Waals surface area contributed by atoms with Crippen LogP contribution in [0.5, 0.6) is 5.88 Å². The van der Waals surface area contributed by atoms with E-state index >= 15 is 0 Å². The number of rotatable bonds is 9. The molecule has 1 amide bonds. The van der Waals surface area contributed by atoms with Gasteiger partial charge >= 0.3 is 0 Å². The van der Waals surface area contributed by atoms with E-state index < -0.39 is 15.8 Å². The lowest BCUT2D eigenvalue weighted by Gasteiger charge is -2.13. The lowest BCUT2D eigenvalue weighted by Crippen LogP contribution is -2.25. The van der Waals surface area contributed by atoms with Crippen molar-refractivity contribution in [1.82, 2.24) is 20.3 Å². The minimum atomic E-state index is -3.77. The molecule has 0 saturated carbocycles. The van der Waals surface area contributed by atoms with Gasteiger partial charge in [-0.05, 0) is 61.9 Å². The summed E-state index contributed by atoms with van der Waals surface area (Å²) in [7, 11) is -3.77. The molecule has 0 bridgehead atoms. The van der Waals surface area contributed by atoms with Crippen LogP contribution in [-0.4, -0.2) is 49.0 Å². The highest BCUT2D eigenvalue weighted by Gasteiger charge is 2.23. The van der Waals surface area contributed by atoms with Crippen LogP contribution in [0, 0.1) is 11.7 Å². The number of ether oxygens (including phenoxy) is 1. The number of hydrogen-bond donors (Lipinski definition) is 4. The normalized spacial score (nSPS) is 15.2. The van der Waals surface area contributed by atoms with Gasteiger partial charge < -0.3 is 20.7 Å². The molecule has 0 radical (unpaired) electrons. The molecule has 2 aromatic carbocycles. The zero-order valence-electron chi connectivity index (χ0n) is 21.6. The predicted molar refractivity (Wildman–Crippen MR) is 149 cm³/mol. The summed E-state index contributed by atoms with van der Waals surface area (Å²) in [6.45, 7) is 3.85. The van der Waals surface area contributed by atoms with Crippen molar-refractivity contribution in [2.24, 2.45) is 11.1 Å². The van der Waals surface area contributed by atoms with E-state index in [1.165, 1.54) is 24.3 Å². The van der Waals surface area contributed by atoms with Crippen molar-refractivity contribution in [3.05, 3.63) is 66.0 Å². The molecule has 1 saturated heterocycles. The lowest BCUT2D eigenvalue weighted by atomic mass is 10.1. The maximum Gasteiger partial charge on any atom is 0.245 e. The van der Waals surface area contributed by atoms with Gasteiger partial charge in [0.1, 0.15) is 5.82 Å². The minimum Gasteiger partial charge on any atom is -0.476 e. The van der Waals surface area contributed by atoms with Gasteiger partial charge in [-0.2, -0.15) is 4.98 Å². The molecule has 0 aliphatic carbocycles. The maximum atomic E-state index is 14.9. The van der Waals surface area contributed by atoms with Crippen molar-refractivity contribution < 1.29 is 22.3 Å². The molecule has 13 heteroatoms. The van der Waals surface area contributed by atoms with Crippen molar-refractivity contribution in [2.45, 2.75) is 24.8 Å². The molecule has 1 aliphatic heterocycles. The van der Waals surface area contributed by atoms with Crippen molar-refractivity contribution >= 4 is 38.6 Å². The zero-order chi connectivity index (χ0) is 28.3.